The second kappa shape index (κ2) is 4.78. The molecule has 76 valence electrons. The van der Waals surface area contributed by atoms with Crippen LogP contribution in [0.2, 0.25) is 0 Å². The van der Waals surface area contributed by atoms with Crippen molar-refractivity contribution in [1.29, 1.82) is 0 Å². The first-order chi connectivity index (χ1) is 6.90. The van der Waals surface area contributed by atoms with Crippen LogP contribution in [0.15, 0.2) is 30.3 Å². The molecule has 0 N–H and O–H groups in total. The van der Waals surface area contributed by atoms with Crippen molar-refractivity contribution in [1.82, 2.24) is 0 Å². The normalized spacial score (nSPS) is 27.5. The van der Waals surface area contributed by atoms with Gasteiger partial charge in [-0.3, -0.25) is 0 Å². The van der Waals surface area contributed by atoms with Crippen LogP contribution < -0.4 is 0 Å². The van der Waals surface area contributed by atoms with Gasteiger partial charge in [-0.25, -0.2) is 0 Å². The van der Waals surface area contributed by atoms with Crippen molar-refractivity contribution in [3.63, 3.8) is 0 Å². The van der Waals surface area contributed by atoms with Gasteiger partial charge in [-0.2, -0.15) is 0 Å². The molecule has 1 aromatic carbocycles. The van der Waals surface area contributed by atoms with Crippen LogP contribution in [0.1, 0.15) is 18.1 Å². The van der Waals surface area contributed by atoms with Gasteiger partial charge in [0.25, 0.3) is 0 Å². The quantitative estimate of drug-likeness (QED) is 0.702. The lowest BCUT2D eigenvalue weighted by Crippen LogP contribution is -2.28. The Morgan fingerprint density at radius 1 is 1.29 bits per heavy atom. The fourth-order valence-corrected chi connectivity index (χ4v) is 1.75. The number of ether oxygens (including phenoxy) is 2. The number of benzene rings is 1. The van der Waals surface area contributed by atoms with E-state index in [1.807, 2.05) is 18.2 Å². The average Bonchev–Trinajstić information content (AvgIpc) is 2.30. The average molecular weight is 213 g/mol. The smallest absolute Gasteiger partial charge is 0.171 e. The van der Waals surface area contributed by atoms with Gasteiger partial charge in [0, 0.05) is 6.42 Å². The highest BCUT2D eigenvalue weighted by Crippen LogP contribution is 2.27. The largest absolute Gasteiger partial charge is 0.351 e. The van der Waals surface area contributed by atoms with E-state index in [0.717, 1.165) is 13.0 Å². The third-order valence-corrected chi connectivity index (χ3v) is 2.55. The van der Waals surface area contributed by atoms with Crippen molar-refractivity contribution in [2.45, 2.75) is 18.8 Å². The van der Waals surface area contributed by atoms with Gasteiger partial charge < -0.3 is 9.47 Å². The second-order valence-electron chi connectivity index (χ2n) is 3.28. The lowest BCUT2D eigenvalue weighted by Gasteiger charge is -2.29. The monoisotopic (exact) mass is 212 g/mol. The van der Waals surface area contributed by atoms with Crippen LogP contribution in [0, 0.1) is 0 Å². The minimum Gasteiger partial charge on any atom is -0.351 e. The Labute approximate surface area is 88.8 Å². The van der Waals surface area contributed by atoms with Gasteiger partial charge in [0.2, 0.25) is 0 Å². The lowest BCUT2D eigenvalue weighted by atomic mass is 10.1. The minimum atomic E-state index is -0.254. The summed E-state index contributed by atoms with van der Waals surface area (Å²) in [6.45, 7) is 0.719. The Balaban J connectivity index is 2.04. The molecule has 0 saturated carbocycles. The van der Waals surface area contributed by atoms with Crippen molar-refractivity contribution in [2.24, 2.45) is 0 Å². The van der Waals surface area contributed by atoms with Crippen molar-refractivity contribution in [2.75, 3.05) is 12.5 Å². The van der Waals surface area contributed by atoms with Gasteiger partial charge in [0.15, 0.2) is 6.29 Å². The van der Waals surface area contributed by atoms with Crippen LogP contribution in [0.4, 0.5) is 0 Å². The fourth-order valence-electron chi connectivity index (χ4n) is 1.59. The summed E-state index contributed by atoms with van der Waals surface area (Å²) >= 11 is 5.68. The highest BCUT2D eigenvalue weighted by atomic mass is 35.5. The lowest BCUT2D eigenvalue weighted by molar-refractivity contribution is -0.202. The summed E-state index contributed by atoms with van der Waals surface area (Å²) in [6.07, 6.45) is 0.779. The predicted octanol–water partition coefficient (Wildman–Crippen LogP) is 2.73. The van der Waals surface area contributed by atoms with Crippen LogP contribution in [0.3, 0.4) is 0 Å². The maximum Gasteiger partial charge on any atom is 0.171 e. The predicted molar refractivity (Wildman–Crippen MR) is 55.3 cm³/mol. The maximum atomic E-state index is 5.68. The Morgan fingerprint density at radius 3 is 2.79 bits per heavy atom. The van der Waals surface area contributed by atoms with Crippen LogP contribution in [-0.2, 0) is 9.47 Å². The van der Waals surface area contributed by atoms with Gasteiger partial charge >= 0.3 is 0 Å². The Kier molecular flexibility index (Phi) is 3.40. The molecule has 0 amide bonds. The van der Waals surface area contributed by atoms with Gasteiger partial charge in [-0.1, -0.05) is 30.3 Å². The van der Waals surface area contributed by atoms with Gasteiger partial charge in [-0.15, -0.1) is 11.6 Å². The summed E-state index contributed by atoms with van der Waals surface area (Å²) in [6, 6.07) is 10.2. The van der Waals surface area contributed by atoms with Crippen molar-refractivity contribution >= 4 is 11.6 Å². The molecule has 0 aromatic heterocycles. The molecule has 2 atom stereocenters. The number of alkyl halides is 1. The molecular formula is C11H13ClO2. The number of hydrogen-bond donors (Lipinski definition) is 0. The Morgan fingerprint density at radius 2 is 2.07 bits per heavy atom. The number of rotatable bonds is 2. The zero-order valence-corrected chi connectivity index (χ0v) is 8.61. The van der Waals surface area contributed by atoms with E-state index in [1.54, 1.807) is 0 Å². The summed E-state index contributed by atoms with van der Waals surface area (Å²) in [7, 11) is 0. The molecule has 2 unspecified atom stereocenters. The van der Waals surface area contributed by atoms with Crippen LogP contribution in [-0.4, -0.2) is 18.8 Å². The number of halogens is 1. The minimum absolute atomic E-state index is 0.133. The number of hydrogen-bond acceptors (Lipinski definition) is 2. The third kappa shape index (κ3) is 2.27. The van der Waals surface area contributed by atoms with E-state index in [0.29, 0.717) is 5.88 Å². The van der Waals surface area contributed by atoms with Crippen LogP contribution >= 0.6 is 11.6 Å². The highest BCUT2D eigenvalue weighted by Gasteiger charge is 2.22. The Hall–Kier alpha value is -0.570. The van der Waals surface area contributed by atoms with E-state index < -0.39 is 0 Å². The molecule has 1 aliphatic rings. The zero-order valence-electron chi connectivity index (χ0n) is 7.86. The molecule has 2 rings (SSSR count). The molecule has 1 fully saturated rings. The summed E-state index contributed by atoms with van der Waals surface area (Å²) in [5.74, 6) is 0.392. The second-order valence-corrected chi connectivity index (χ2v) is 3.59. The van der Waals surface area contributed by atoms with Crippen molar-refractivity contribution < 1.29 is 9.47 Å². The van der Waals surface area contributed by atoms with E-state index >= 15 is 0 Å². The molecule has 3 heteroatoms. The van der Waals surface area contributed by atoms with E-state index in [1.165, 1.54) is 5.56 Å². The maximum absolute atomic E-state index is 5.68. The SMILES string of the molecule is ClCC1OCCC(c2ccccc2)O1. The van der Waals surface area contributed by atoms with Crippen LogP contribution in [0.25, 0.3) is 0 Å². The van der Waals surface area contributed by atoms with Crippen LogP contribution in [0.5, 0.6) is 0 Å². The zero-order chi connectivity index (χ0) is 9.80. The summed E-state index contributed by atoms with van der Waals surface area (Å²) in [4.78, 5) is 0. The summed E-state index contributed by atoms with van der Waals surface area (Å²) in [5.41, 5.74) is 1.20. The molecular weight excluding hydrogens is 200 g/mol. The van der Waals surface area contributed by atoms with E-state index in [4.69, 9.17) is 21.1 Å². The third-order valence-electron chi connectivity index (χ3n) is 2.30. The van der Waals surface area contributed by atoms with E-state index in [9.17, 15) is 0 Å². The molecule has 0 radical (unpaired) electrons. The fraction of sp³-hybridized carbons (Fsp3) is 0.455. The highest BCUT2D eigenvalue weighted by molar-refractivity contribution is 6.18. The molecule has 1 saturated heterocycles. The first-order valence-electron chi connectivity index (χ1n) is 4.78. The Bertz CT molecular complexity index is 276. The van der Waals surface area contributed by atoms with Crippen molar-refractivity contribution in [3.05, 3.63) is 35.9 Å². The standard InChI is InChI=1S/C11H13ClO2/c12-8-11-13-7-6-10(14-11)9-4-2-1-3-5-9/h1-5,10-11H,6-8H2. The van der Waals surface area contributed by atoms with Gasteiger partial charge in [0.1, 0.15) is 0 Å². The van der Waals surface area contributed by atoms with Crippen molar-refractivity contribution in [3.8, 4) is 0 Å². The summed E-state index contributed by atoms with van der Waals surface area (Å²) < 4.78 is 11.0. The molecule has 0 spiro atoms. The molecule has 14 heavy (non-hydrogen) atoms. The molecule has 0 aliphatic carbocycles. The van der Waals surface area contributed by atoms with Gasteiger partial charge in [0.05, 0.1) is 18.6 Å². The molecule has 1 aromatic rings. The van der Waals surface area contributed by atoms with E-state index in [-0.39, 0.29) is 12.4 Å². The molecule has 0 bridgehead atoms. The van der Waals surface area contributed by atoms with E-state index in [2.05, 4.69) is 12.1 Å². The van der Waals surface area contributed by atoms with Gasteiger partial charge in [-0.05, 0) is 5.56 Å². The molecule has 2 nitrogen and oxygen atoms in total. The first kappa shape index (κ1) is 9.97. The molecule has 1 aliphatic heterocycles. The first-order valence-corrected chi connectivity index (χ1v) is 5.31. The topological polar surface area (TPSA) is 18.5 Å². The molecule has 1 heterocycles. The summed E-state index contributed by atoms with van der Waals surface area (Å²) in [5, 5.41) is 0.